The van der Waals surface area contributed by atoms with Gasteiger partial charge >= 0.3 is 0 Å². The first kappa shape index (κ1) is 25.0. The van der Waals surface area contributed by atoms with Gasteiger partial charge in [0, 0.05) is 31.7 Å². The lowest BCUT2D eigenvalue weighted by molar-refractivity contribution is 0.113. The number of nitrogens with two attached hydrogens (primary N) is 1. The number of unbranched alkanes of at least 4 members (excludes halogenated alkanes) is 1. The molecule has 0 spiro atoms. The monoisotopic (exact) mass is 483 g/mol. The van der Waals surface area contributed by atoms with Crippen LogP contribution in [-0.4, -0.2) is 43.2 Å². The summed E-state index contributed by atoms with van der Waals surface area (Å²) in [5.41, 5.74) is 11.1. The lowest BCUT2D eigenvalue weighted by atomic mass is 9.97. The molecule has 3 aromatic rings. The highest BCUT2D eigenvalue weighted by atomic mass is 16.5. The molecule has 0 unspecified atom stereocenters. The summed E-state index contributed by atoms with van der Waals surface area (Å²) in [5.74, 6) is 1.79. The van der Waals surface area contributed by atoms with Crippen molar-refractivity contribution in [3.63, 3.8) is 0 Å². The lowest BCUT2D eigenvalue weighted by Gasteiger charge is -2.41. The van der Waals surface area contributed by atoms with Crippen molar-refractivity contribution < 1.29 is 4.74 Å². The van der Waals surface area contributed by atoms with E-state index in [9.17, 15) is 0 Å². The average Bonchev–Trinajstić information content (AvgIpc) is 3.75. The Morgan fingerprint density at radius 1 is 0.833 bits per heavy atom. The van der Waals surface area contributed by atoms with E-state index in [-0.39, 0.29) is 0 Å². The highest BCUT2D eigenvalue weighted by Gasteiger charge is 2.28. The van der Waals surface area contributed by atoms with Gasteiger partial charge in [-0.25, -0.2) is 0 Å². The van der Waals surface area contributed by atoms with Gasteiger partial charge < -0.3 is 15.8 Å². The second-order valence-electron chi connectivity index (χ2n) is 10.6. The summed E-state index contributed by atoms with van der Waals surface area (Å²) in [4.78, 5) is 2.70. The Labute approximate surface area is 216 Å². The zero-order valence-corrected chi connectivity index (χ0v) is 21.4. The minimum atomic E-state index is 0.456. The van der Waals surface area contributed by atoms with Crippen molar-refractivity contribution in [2.75, 3.05) is 26.2 Å². The third-order valence-electron chi connectivity index (χ3n) is 7.64. The molecule has 0 aromatic heterocycles. The molecule has 2 aliphatic rings. The zero-order chi connectivity index (χ0) is 24.6. The van der Waals surface area contributed by atoms with Crippen LogP contribution in [0.4, 0.5) is 0 Å². The van der Waals surface area contributed by atoms with Crippen LogP contribution in [-0.2, 0) is 13.0 Å². The van der Waals surface area contributed by atoms with Crippen LogP contribution in [0.2, 0.25) is 0 Å². The molecule has 3 N–H and O–H groups in total. The molecule has 4 nitrogen and oxygen atoms in total. The van der Waals surface area contributed by atoms with Gasteiger partial charge in [-0.1, -0.05) is 73.2 Å². The smallest absolute Gasteiger partial charge is 0.119 e. The van der Waals surface area contributed by atoms with E-state index >= 15 is 0 Å². The van der Waals surface area contributed by atoms with E-state index in [0.29, 0.717) is 12.1 Å². The van der Waals surface area contributed by atoms with Crippen molar-refractivity contribution in [1.29, 1.82) is 0 Å². The minimum absolute atomic E-state index is 0.456. The van der Waals surface area contributed by atoms with E-state index in [2.05, 4.69) is 89.1 Å². The van der Waals surface area contributed by atoms with Crippen molar-refractivity contribution >= 4 is 0 Å². The van der Waals surface area contributed by atoms with E-state index in [1.165, 1.54) is 47.9 Å². The quantitative estimate of drug-likeness (QED) is 0.327. The molecule has 190 valence electrons. The predicted octanol–water partition coefficient (Wildman–Crippen LogP) is 5.66. The van der Waals surface area contributed by atoms with E-state index < -0.39 is 0 Å². The highest BCUT2D eigenvalue weighted by Crippen LogP contribution is 2.29. The largest absolute Gasteiger partial charge is 0.493 e. The normalized spacial score (nSPS) is 20.4. The van der Waals surface area contributed by atoms with Crippen molar-refractivity contribution in [3.8, 4) is 16.9 Å². The maximum Gasteiger partial charge on any atom is 0.119 e. The van der Waals surface area contributed by atoms with Gasteiger partial charge in [-0.2, -0.15) is 0 Å². The number of ether oxygens (including phenoxy) is 1. The average molecular weight is 484 g/mol. The number of benzene rings is 3. The lowest BCUT2D eigenvalue weighted by Crippen LogP contribution is -2.56. The Morgan fingerprint density at radius 3 is 2.28 bits per heavy atom. The molecule has 1 aliphatic carbocycles. The summed E-state index contributed by atoms with van der Waals surface area (Å²) >= 11 is 0. The Morgan fingerprint density at radius 2 is 1.56 bits per heavy atom. The van der Waals surface area contributed by atoms with Gasteiger partial charge in [-0.15, -0.1) is 0 Å². The SMILES string of the molecule is NCCCC[C@H]1CN[C@@H](Cc2ccc(OCC3CC3)cc2)CN1Cc1ccc(-c2ccccc2)cc1. The minimum Gasteiger partial charge on any atom is -0.493 e. The fraction of sp³-hybridized carbons (Fsp3) is 0.438. The molecule has 3 aromatic carbocycles. The number of hydrogen-bond acceptors (Lipinski definition) is 4. The Hall–Kier alpha value is -2.66. The Balaban J connectivity index is 1.20. The van der Waals surface area contributed by atoms with Gasteiger partial charge in [0.1, 0.15) is 5.75 Å². The summed E-state index contributed by atoms with van der Waals surface area (Å²) in [6.07, 6.45) is 7.19. The van der Waals surface area contributed by atoms with Gasteiger partial charge in [0.05, 0.1) is 6.61 Å². The summed E-state index contributed by atoms with van der Waals surface area (Å²) in [7, 11) is 0. The maximum absolute atomic E-state index is 5.92. The molecule has 4 heteroatoms. The molecular weight excluding hydrogens is 442 g/mol. The molecule has 1 aliphatic heterocycles. The van der Waals surface area contributed by atoms with E-state index in [0.717, 1.165) is 57.3 Å². The molecule has 36 heavy (non-hydrogen) atoms. The van der Waals surface area contributed by atoms with Crippen LogP contribution in [0.25, 0.3) is 11.1 Å². The van der Waals surface area contributed by atoms with E-state index in [1.54, 1.807) is 0 Å². The van der Waals surface area contributed by atoms with Crippen LogP contribution in [0.1, 0.15) is 43.2 Å². The highest BCUT2D eigenvalue weighted by molar-refractivity contribution is 5.63. The Kier molecular flexibility index (Phi) is 8.71. The summed E-state index contributed by atoms with van der Waals surface area (Å²) in [6, 6.07) is 29.5. The Bertz CT molecular complexity index is 1050. The first-order valence-corrected chi connectivity index (χ1v) is 13.8. The molecule has 2 fully saturated rings. The molecular formula is C32H41N3O. The molecule has 2 atom stereocenters. The maximum atomic E-state index is 5.92. The van der Waals surface area contributed by atoms with Crippen LogP contribution in [0.3, 0.4) is 0 Å². The summed E-state index contributed by atoms with van der Waals surface area (Å²) < 4.78 is 5.92. The second-order valence-corrected chi connectivity index (χ2v) is 10.6. The van der Waals surface area contributed by atoms with Crippen molar-refractivity contribution in [3.05, 3.63) is 90.0 Å². The van der Waals surface area contributed by atoms with Gasteiger partial charge in [0.25, 0.3) is 0 Å². The van der Waals surface area contributed by atoms with Crippen LogP contribution in [0, 0.1) is 5.92 Å². The summed E-state index contributed by atoms with van der Waals surface area (Å²) in [6.45, 7) is 4.75. The first-order valence-electron chi connectivity index (χ1n) is 13.8. The van der Waals surface area contributed by atoms with Crippen LogP contribution >= 0.6 is 0 Å². The molecule has 0 radical (unpaired) electrons. The molecule has 1 saturated carbocycles. The molecule has 1 saturated heterocycles. The number of nitrogens with zero attached hydrogens (tertiary/aromatic N) is 1. The van der Waals surface area contributed by atoms with Crippen molar-refractivity contribution in [2.24, 2.45) is 11.7 Å². The standard InChI is InChI=1S/C32H41N3O/c33-19-5-4-8-31-21-34-30(20-25-13-17-32(18-14-25)36-24-27-9-10-27)23-35(31)22-26-11-15-29(16-12-26)28-6-2-1-3-7-28/h1-3,6-7,11-18,27,30-31,34H,4-5,8-10,19-24,33H2/t30-,31-/m0/s1. The van der Waals surface area contributed by atoms with Gasteiger partial charge in [-0.05, 0) is 79.0 Å². The fourth-order valence-corrected chi connectivity index (χ4v) is 5.24. The molecule has 0 amide bonds. The topological polar surface area (TPSA) is 50.5 Å². The van der Waals surface area contributed by atoms with Crippen LogP contribution in [0.5, 0.6) is 5.75 Å². The van der Waals surface area contributed by atoms with Crippen molar-refractivity contribution in [2.45, 2.75) is 57.2 Å². The molecule has 5 rings (SSSR count). The number of hydrogen-bond donors (Lipinski definition) is 2. The fourth-order valence-electron chi connectivity index (χ4n) is 5.24. The van der Waals surface area contributed by atoms with E-state index in [1.807, 2.05) is 0 Å². The molecule has 0 bridgehead atoms. The number of piperazine rings is 1. The van der Waals surface area contributed by atoms with E-state index in [4.69, 9.17) is 10.5 Å². The molecule has 1 heterocycles. The number of rotatable bonds is 12. The second kappa shape index (κ2) is 12.5. The van der Waals surface area contributed by atoms with Gasteiger partial charge in [0.2, 0.25) is 0 Å². The predicted molar refractivity (Wildman–Crippen MR) is 149 cm³/mol. The summed E-state index contributed by atoms with van der Waals surface area (Å²) in [5, 5.41) is 3.85. The van der Waals surface area contributed by atoms with Gasteiger partial charge in [0.15, 0.2) is 0 Å². The van der Waals surface area contributed by atoms with Crippen LogP contribution in [0.15, 0.2) is 78.9 Å². The van der Waals surface area contributed by atoms with Crippen molar-refractivity contribution in [1.82, 2.24) is 10.2 Å². The first-order chi connectivity index (χ1) is 17.8. The van der Waals surface area contributed by atoms with Crippen LogP contribution < -0.4 is 15.8 Å². The third-order valence-corrected chi connectivity index (χ3v) is 7.64. The zero-order valence-electron chi connectivity index (χ0n) is 21.4. The number of nitrogens with one attached hydrogen (secondary N) is 1. The third kappa shape index (κ3) is 7.19. The van der Waals surface area contributed by atoms with Gasteiger partial charge in [-0.3, -0.25) is 4.90 Å².